The number of hydrogen-bond acceptors (Lipinski definition) is 2. The summed E-state index contributed by atoms with van der Waals surface area (Å²) in [4.78, 5) is 11.7. The first-order valence-electron chi connectivity index (χ1n) is 6.17. The van der Waals surface area contributed by atoms with Crippen LogP contribution in [0.4, 0.5) is 10.5 Å². The molecule has 108 valence electrons. The first-order valence-corrected chi connectivity index (χ1v) is 6.93. The second-order valence-electron chi connectivity index (χ2n) is 4.27. The predicted octanol–water partition coefficient (Wildman–Crippen LogP) is 4.46. The molecule has 0 unspecified atom stereocenters. The minimum absolute atomic E-state index is 0.441. The Morgan fingerprint density at radius 3 is 2.43 bits per heavy atom. The van der Waals surface area contributed by atoms with Crippen LogP contribution in [0.3, 0.4) is 0 Å². The summed E-state index contributed by atoms with van der Waals surface area (Å²) in [5.74, 6) is 0. The van der Waals surface area contributed by atoms with Crippen molar-refractivity contribution in [1.82, 2.24) is 5.43 Å². The average Bonchev–Trinajstić information content (AvgIpc) is 2.45. The van der Waals surface area contributed by atoms with E-state index in [4.69, 9.17) is 23.2 Å². The Morgan fingerprint density at radius 2 is 1.76 bits per heavy atom. The summed E-state index contributed by atoms with van der Waals surface area (Å²) >= 11 is 12.0. The molecule has 0 saturated heterocycles. The second kappa shape index (κ2) is 7.11. The van der Waals surface area contributed by atoms with Crippen LogP contribution in [0.1, 0.15) is 11.1 Å². The molecule has 0 atom stereocenters. The van der Waals surface area contributed by atoms with Gasteiger partial charge in [0, 0.05) is 11.3 Å². The van der Waals surface area contributed by atoms with Crippen LogP contribution in [0, 0.1) is 6.92 Å². The van der Waals surface area contributed by atoms with Crippen molar-refractivity contribution in [3.05, 3.63) is 63.6 Å². The molecule has 0 saturated carbocycles. The predicted molar refractivity (Wildman–Crippen MR) is 87.4 cm³/mol. The summed E-state index contributed by atoms with van der Waals surface area (Å²) in [6, 6.07) is 12.1. The fraction of sp³-hybridized carbons (Fsp3) is 0.0667. The third-order valence-electron chi connectivity index (χ3n) is 2.75. The van der Waals surface area contributed by atoms with Gasteiger partial charge in [0.2, 0.25) is 0 Å². The van der Waals surface area contributed by atoms with Crippen molar-refractivity contribution in [1.29, 1.82) is 0 Å². The van der Waals surface area contributed by atoms with Gasteiger partial charge in [0.1, 0.15) is 0 Å². The van der Waals surface area contributed by atoms with Gasteiger partial charge in [0.25, 0.3) is 0 Å². The number of urea groups is 1. The standard InChI is InChI=1S/C15H13Cl2N3O/c1-10-5-2-3-8-14(10)19-15(21)20-18-9-11-12(16)6-4-7-13(11)17/h2-9H,1H3,(H2,19,20,21)/b18-9-. The van der Waals surface area contributed by atoms with E-state index in [1.807, 2.05) is 31.2 Å². The Hall–Kier alpha value is -2.04. The number of nitrogens with zero attached hydrogens (tertiary/aromatic N) is 1. The third kappa shape index (κ3) is 4.21. The number of benzene rings is 2. The maximum Gasteiger partial charge on any atom is 0.339 e. The Labute approximate surface area is 132 Å². The largest absolute Gasteiger partial charge is 0.339 e. The van der Waals surface area contributed by atoms with Crippen molar-refractivity contribution in [2.75, 3.05) is 5.32 Å². The second-order valence-corrected chi connectivity index (χ2v) is 5.09. The van der Waals surface area contributed by atoms with Gasteiger partial charge in [-0.2, -0.15) is 5.10 Å². The molecule has 0 aromatic heterocycles. The molecule has 2 aromatic rings. The quantitative estimate of drug-likeness (QED) is 0.636. The molecule has 0 heterocycles. The summed E-state index contributed by atoms with van der Waals surface area (Å²) in [5, 5.41) is 7.46. The van der Waals surface area contributed by atoms with E-state index in [1.54, 1.807) is 18.2 Å². The third-order valence-corrected chi connectivity index (χ3v) is 3.41. The molecular weight excluding hydrogens is 309 g/mol. The van der Waals surface area contributed by atoms with Crippen molar-refractivity contribution >= 4 is 41.1 Å². The van der Waals surface area contributed by atoms with Crippen LogP contribution in [-0.2, 0) is 0 Å². The average molecular weight is 322 g/mol. The van der Waals surface area contributed by atoms with Crippen LogP contribution in [0.15, 0.2) is 47.6 Å². The van der Waals surface area contributed by atoms with Gasteiger partial charge in [0.05, 0.1) is 16.3 Å². The molecule has 6 heteroatoms. The number of hydrazone groups is 1. The van der Waals surface area contributed by atoms with Crippen molar-refractivity contribution in [2.24, 2.45) is 5.10 Å². The van der Waals surface area contributed by atoms with E-state index in [0.29, 0.717) is 15.6 Å². The molecule has 0 spiro atoms. The Kier molecular flexibility index (Phi) is 5.20. The molecular formula is C15H13Cl2N3O. The van der Waals surface area contributed by atoms with Crippen molar-refractivity contribution in [3.63, 3.8) is 0 Å². The Morgan fingerprint density at radius 1 is 1.10 bits per heavy atom. The fourth-order valence-electron chi connectivity index (χ4n) is 1.65. The highest BCUT2D eigenvalue weighted by atomic mass is 35.5. The van der Waals surface area contributed by atoms with Crippen molar-refractivity contribution in [3.8, 4) is 0 Å². The van der Waals surface area contributed by atoms with Crippen LogP contribution >= 0.6 is 23.2 Å². The van der Waals surface area contributed by atoms with Crippen molar-refractivity contribution < 1.29 is 4.79 Å². The van der Waals surface area contributed by atoms with E-state index in [2.05, 4.69) is 15.8 Å². The number of carbonyl (C=O) groups excluding carboxylic acids is 1. The van der Waals surface area contributed by atoms with Crippen LogP contribution in [0.5, 0.6) is 0 Å². The molecule has 2 amide bonds. The lowest BCUT2D eigenvalue weighted by Gasteiger charge is -2.07. The van der Waals surface area contributed by atoms with E-state index < -0.39 is 6.03 Å². The van der Waals surface area contributed by atoms with Crippen LogP contribution in [-0.4, -0.2) is 12.2 Å². The lowest BCUT2D eigenvalue weighted by atomic mass is 10.2. The Balaban J connectivity index is 1.98. The van der Waals surface area contributed by atoms with Gasteiger partial charge >= 0.3 is 6.03 Å². The van der Waals surface area contributed by atoms with Crippen LogP contribution in [0.2, 0.25) is 10.0 Å². The van der Waals surface area contributed by atoms with Gasteiger partial charge in [-0.15, -0.1) is 0 Å². The summed E-state index contributed by atoms with van der Waals surface area (Å²) in [6.07, 6.45) is 1.40. The zero-order chi connectivity index (χ0) is 15.2. The maximum atomic E-state index is 11.7. The molecule has 2 N–H and O–H groups in total. The molecule has 0 radical (unpaired) electrons. The van der Waals surface area contributed by atoms with Crippen LogP contribution < -0.4 is 10.7 Å². The summed E-state index contributed by atoms with van der Waals surface area (Å²) in [7, 11) is 0. The van der Waals surface area contributed by atoms with Gasteiger partial charge < -0.3 is 5.32 Å². The number of anilines is 1. The topological polar surface area (TPSA) is 53.5 Å². The highest BCUT2D eigenvalue weighted by Gasteiger charge is 2.04. The zero-order valence-corrected chi connectivity index (χ0v) is 12.7. The minimum Gasteiger partial charge on any atom is -0.306 e. The Bertz CT molecular complexity index is 666. The SMILES string of the molecule is Cc1ccccc1NC(=O)N/N=C\c1c(Cl)cccc1Cl. The number of hydrogen-bond donors (Lipinski definition) is 2. The lowest BCUT2D eigenvalue weighted by molar-refractivity contribution is 0.252. The summed E-state index contributed by atoms with van der Waals surface area (Å²) in [5.41, 5.74) is 4.60. The lowest BCUT2D eigenvalue weighted by Crippen LogP contribution is -2.24. The molecule has 0 fully saturated rings. The molecule has 2 rings (SSSR count). The number of aryl methyl sites for hydroxylation is 1. The molecule has 0 aliphatic heterocycles. The number of para-hydroxylation sites is 1. The molecule has 0 aliphatic rings. The first-order chi connectivity index (χ1) is 10.1. The molecule has 4 nitrogen and oxygen atoms in total. The fourth-order valence-corrected chi connectivity index (χ4v) is 2.15. The smallest absolute Gasteiger partial charge is 0.306 e. The van der Waals surface area contributed by atoms with Gasteiger partial charge in [0.15, 0.2) is 0 Å². The minimum atomic E-state index is -0.441. The normalized spacial score (nSPS) is 10.6. The van der Waals surface area contributed by atoms with Gasteiger partial charge in [-0.3, -0.25) is 0 Å². The number of amides is 2. The van der Waals surface area contributed by atoms with E-state index in [0.717, 1.165) is 11.3 Å². The number of rotatable bonds is 3. The van der Waals surface area contributed by atoms with E-state index in [1.165, 1.54) is 6.21 Å². The maximum absolute atomic E-state index is 11.7. The number of halogens is 2. The van der Waals surface area contributed by atoms with Gasteiger partial charge in [-0.25, -0.2) is 10.2 Å². The first kappa shape index (κ1) is 15.4. The number of carbonyl (C=O) groups is 1. The molecule has 2 aromatic carbocycles. The molecule has 21 heavy (non-hydrogen) atoms. The molecule has 0 aliphatic carbocycles. The highest BCUT2D eigenvalue weighted by molar-refractivity contribution is 6.38. The van der Waals surface area contributed by atoms with Gasteiger partial charge in [-0.1, -0.05) is 47.5 Å². The zero-order valence-electron chi connectivity index (χ0n) is 11.2. The van der Waals surface area contributed by atoms with Crippen LogP contribution in [0.25, 0.3) is 0 Å². The monoisotopic (exact) mass is 321 g/mol. The summed E-state index contributed by atoms with van der Waals surface area (Å²) in [6.45, 7) is 1.91. The van der Waals surface area contributed by atoms with Gasteiger partial charge in [-0.05, 0) is 30.7 Å². The number of nitrogens with one attached hydrogen (secondary N) is 2. The van der Waals surface area contributed by atoms with E-state index >= 15 is 0 Å². The summed E-state index contributed by atoms with van der Waals surface area (Å²) < 4.78 is 0. The molecule has 0 bridgehead atoms. The highest BCUT2D eigenvalue weighted by Crippen LogP contribution is 2.22. The van der Waals surface area contributed by atoms with E-state index in [9.17, 15) is 4.79 Å². The van der Waals surface area contributed by atoms with Crippen molar-refractivity contribution in [2.45, 2.75) is 6.92 Å². The van der Waals surface area contributed by atoms with E-state index in [-0.39, 0.29) is 0 Å².